The zero-order valence-corrected chi connectivity index (χ0v) is 18.0. The van der Waals surface area contributed by atoms with Crippen molar-refractivity contribution in [3.05, 3.63) is 93.9 Å². The summed E-state index contributed by atoms with van der Waals surface area (Å²) < 4.78 is 16.0. The van der Waals surface area contributed by atoms with Crippen LogP contribution < -0.4 is 0 Å². The number of aromatic nitrogens is 2. The summed E-state index contributed by atoms with van der Waals surface area (Å²) in [5, 5.41) is 9.96. The molecule has 30 heavy (non-hydrogen) atoms. The van der Waals surface area contributed by atoms with Crippen LogP contribution in [0.2, 0.25) is 0 Å². The Kier molecular flexibility index (Phi) is 7.30. The van der Waals surface area contributed by atoms with Gasteiger partial charge in [-0.3, -0.25) is 9.79 Å². The molecule has 0 radical (unpaired) electrons. The summed E-state index contributed by atoms with van der Waals surface area (Å²) in [6, 6.07) is 15.1. The zero-order valence-electron chi connectivity index (χ0n) is 16.4. The van der Waals surface area contributed by atoms with Gasteiger partial charge in [-0.2, -0.15) is 0 Å². The van der Waals surface area contributed by atoms with E-state index in [0.29, 0.717) is 23.3 Å². The first-order valence-corrected chi connectivity index (χ1v) is 10.2. The number of imidazole rings is 1. The number of carbonyl (C=O) groups excluding carboxylic acids is 1. The van der Waals surface area contributed by atoms with E-state index in [1.165, 1.54) is 19.2 Å². The monoisotopic (exact) mass is 469 g/mol. The van der Waals surface area contributed by atoms with E-state index in [9.17, 15) is 14.3 Å². The minimum Gasteiger partial charge on any atom is -0.504 e. The lowest BCUT2D eigenvalue weighted by Gasteiger charge is -2.19. The summed E-state index contributed by atoms with van der Waals surface area (Å²) in [6.45, 7) is 0.587. The minimum absolute atomic E-state index is 0.0322. The van der Waals surface area contributed by atoms with Crippen LogP contribution in [0, 0.1) is 5.82 Å². The normalized spacial score (nSPS) is 13.0. The highest BCUT2D eigenvalue weighted by Gasteiger charge is 2.17. The van der Waals surface area contributed by atoms with Gasteiger partial charge in [0.15, 0.2) is 5.76 Å². The average Bonchev–Trinajstić information content (AvgIpc) is 3.18. The highest BCUT2D eigenvalue weighted by molar-refractivity contribution is 9.10. The molecule has 3 rings (SSSR count). The van der Waals surface area contributed by atoms with E-state index in [1.807, 2.05) is 34.9 Å². The average molecular weight is 470 g/mol. The van der Waals surface area contributed by atoms with E-state index in [1.54, 1.807) is 24.5 Å². The highest BCUT2D eigenvalue weighted by Crippen LogP contribution is 2.31. The Labute approximate surface area is 182 Å². The zero-order chi connectivity index (χ0) is 21.5. The molecule has 1 N–H and O–H groups in total. The second-order valence-electron chi connectivity index (χ2n) is 6.69. The van der Waals surface area contributed by atoms with Gasteiger partial charge in [0, 0.05) is 38.0 Å². The van der Waals surface area contributed by atoms with Crippen molar-refractivity contribution in [2.45, 2.75) is 18.9 Å². The Hall–Kier alpha value is -3.06. The van der Waals surface area contributed by atoms with E-state index in [4.69, 9.17) is 0 Å². The van der Waals surface area contributed by atoms with Gasteiger partial charge in [-0.25, -0.2) is 9.37 Å². The number of benzene rings is 2. The molecule has 1 atom stereocenters. The second kappa shape index (κ2) is 10.1. The van der Waals surface area contributed by atoms with Gasteiger partial charge in [-0.15, -0.1) is 0 Å². The van der Waals surface area contributed by atoms with E-state index in [2.05, 4.69) is 25.9 Å². The summed E-state index contributed by atoms with van der Waals surface area (Å²) in [7, 11) is 1.46. The third-order valence-corrected chi connectivity index (χ3v) is 5.33. The van der Waals surface area contributed by atoms with Gasteiger partial charge in [0.05, 0.1) is 10.7 Å². The Morgan fingerprint density at radius 3 is 2.73 bits per heavy atom. The van der Waals surface area contributed by atoms with Crippen LogP contribution in [0.15, 0.2) is 76.1 Å². The molecule has 7 heteroatoms. The van der Waals surface area contributed by atoms with Gasteiger partial charge in [-0.05, 0) is 45.6 Å². The topological polar surface area (TPSA) is 67.5 Å². The van der Waals surface area contributed by atoms with Crippen molar-refractivity contribution in [3.8, 4) is 0 Å². The molecule has 0 fully saturated rings. The Balaban J connectivity index is 1.86. The first-order valence-electron chi connectivity index (χ1n) is 9.37. The molecule has 0 saturated carbocycles. The number of hydrogen-bond acceptors (Lipinski definition) is 4. The number of carbonyl (C=O) groups is 1. The highest BCUT2D eigenvalue weighted by atomic mass is 79.9. The summed E-state index contributed by atoms with van der Waals surface area (Å²) in [4.78, 5) is 19.6. The molecule has 1 heterocycles. The molecule has 0 spiro atoms. The SMILES string of the molecule is CN=CC(=O)/C(O)=C/c1nccn1CC[C@H](c1ccccc1)c1ccc(F)c(Br)c1. The fourth-order valence-corrected chi connectivity index (χ4v) is 3.63. The van der Waals surface area contributed by atoms with E-state index >= 15 is 0 Å². The molecular formula is C23H21BrFN3O2. The maximum absolute atomic E-state index is 13.7. The third kappa shape index (κ3) is 5.30. The number of allylic oxidation sites excluding steroid dienone is 1. The first-order chi connectivity index (χ1) is 14.5. The molecule has 0 unspecified atom stereocenters. The molecule has 0 bridgehead atoms. The van der Waals surface area contributed by atoms with Crippen molar-refractivity contribution >= 4 is 34.0 Å². The van der Waals surface area contributed by atoms with Gasteiger partial charge in [0.25, 0.3) is 0 Å². The van der Waals surface area contributed by atoms with Gasteiger partial charge < -0.3 is 9.67 Å². The molecule has 5 nitrogen and oxygen atoms in total. The summed E-state index contributed by atoms with van der Waals surface area (Å²) >= 11 is 3.27. The van der Waals surface area contributed by atoms with E-state index in [-0.39, 0.29) is 11.7 Å². The molecular weight excluding hydrogens is 449 g/mol. The smallest absolute Gasteiger partial charge is 0.237 e. The Bertz CT molecular complexity index is 1080. The van der Waals surface area contributed by atoms with Crippen LogP contribution in [0.3, 0.4) is 0 Å². The summed E-state index contributed by atoms with van der Waals surface area (Å²) in [6.07, 6.45) is 6.50. The van der Waals surface area contributed by atoms with Crippen molar-refractivity contribution < 1.29 is 14.3 Å². The second-order valence-corrected chi connectivity index (χ2v) is 7.54. The summed E-state index contributed by atoms with van der Waals surface area (Å²) in [5.41, 5.74) is 2.11. The number of aliphatic hydroxyl groups is 1. The molecule has 0 aliphatic rings. The number of aliphatic imine (C=N–C) groups is 1. The predicted molar refractivity (Wildman–Crippen MR) is 119 cm³/mol. The number of Topliss-reactive ketones (excluding diaryl/α,β-unsaturated/α-hetero) is 1. The fraction of sp³-hybridized carbons (Fsp3) is 0.174. The standard InChI is InChI=1S/C23H21BrFN3O2/c1-26-15-22(30)21(29)14-23-27-10-12-28(23)11-9-18(16-5-3-2-4-6-16)17-7-8-20(25)19(24)13-17/h2-8,10,12-15,18,29H,9,11H2,1H3/b21-14-,26-15?/t18-/m1/s1. The number of halogens is 2. The Morgan fingerprint density at radius 1 is 1.27 bits per heavy atom. The third-order valence-electron chi connectivity index (χ3n) is 4.72. The van der Waals surface area contributed by atoms with Crippen LogP contribution in [-0.2, 0) is 11.3 Å². The molecule has 0 aliphatic carbocycles. The first kappa shape index (κ1) is 21.6. The number of aryl methyl sites for hydroxylation is 1. The van der Waals surface area contributed by atoms with Crippen molar-refractivity contribution in [2.24, 2.45) is 4.99 Å². The molecule has 154 valence electrons. The van der Waals surface area contributed by atoms with Crippen LogP contribution in [0.1, 0.15) is 29.3 Å². The van der Waals surface area contributed by atoms with Crippen LogP contribution in [-0.4, -0.2) is 33.7 Å². The molecule has 0 amide bonds. The number of rotatable bonds is 8. The van der Waals surface area contributed by atoms with Crippen molar-refractivity contribution in [1.82, 2.24) is 9.55 Å². The van der Waals surface area contributed by atoms with Crippen LogP contribution in [0.25, 0.3) is 6.08 Å². The lowest BCUT2D eigenvalue weighted by Crippen LogP contribution is -2.09. The van der Waals surface area contributed by atoms with Crippen LogP contribution >= 0.6 is 15.9 Å². The predicted octanol–water partition coefficient (Wildman–Crippen LogP) is 5.18. The molecule has 1 aromatic heterocycles. The summed E-state index contributed by atoms with van der Waals surface area (Å²) in [5.74, 6) is -0.800. The van der Waals surface area contributed by atoms with E-state index in [0.717, 1.165) is 17.3 Å². The van der Waals surface area contributed by atoms with Crippen LogP contribution in [0.4, 0.5) is 4.39 Å². The van der Waals surface area contributed by atoms with Crippen molar-refractivity contribution in [1.29, 1.82) is 0 Å². The number of nitrogens with zero attached hydrogens (tertiary/aromatic N) is 3. The van der Waals surface area contributed by atoms with Crippen LogP contribution in [0.5, 0.6) is 0 Å². The lowest BCUT2D eigenvalue weighted by molar-refractivity contribution is -0.111. The van der Waals surface area contributed by atoms with Gasteiger partial charge in [0.1, 0.15) is 11.6 Å². The number of aliphatic hydroxyl groups excluding tert-OH is 1. The van der Waals surface area contributed by atoms with Gasteiger partial charge in [0.2, 0.25) is 5.78 Å². The molecule has 0 saturated heterocycles. The largest absolute Gasteiger partial charge is 0.504 e. The van der Waals surface area contributed by atoms with Gasteiger partial charge >= 0.3 is 0 Å². The minimum atomic E-state index is -0.578. The fourth-order valence-electron chi connectivity index (χ4n) is 3.24. The molecule has 0 aliphatic heterocycles. The maximum atomic E-state index is 13.7. The van der Waals surface area contributed by atoms with Gasteiger partial charge in [-0.1, -0.05) is 36.4 Å². The maximum Gasteiger partial charge on any atom is 0.237 e. The lowest BCUT2D eigenvalue weighted by atomic mass is 9.88. The van der Waals surface area contributed by atoms with Crippen molar-refractivity contribution in [3.63, 3.8) is 0 Å². The number of hydrogen-bond donors (Lipinski definition) is 1. The molecule has 3 aromatic rings. The van der Waals surface area contributed by atoms with Crippen molar-refractivity contribution in [2.75, 3.05) is 7.05 Å². The Morgan fingerprint density at radius 2 is 2.03 bits per heavy atom. The number of ketones is 1. The molecule has 2 aromatic carbocycles. The quantitative estimate of drug-likeness (QED) is 0.281. The van der Waals surface area contributed by atoms with E-state index < -0.39 is 11.5 Å².